The normalized spacial score (nSPS) is 17.6. The Morgan fingerprint density at radius 1 is 1.20 bits per heavy atom. The van der Waals surface area contributed by atoms with E-state index in [0.717, 1.165) is 50.2 Å². The summed E-state index contributed by atoms with van der Waals surface area (Å²) in [6, 6.07) is 7.89. The molecule has 2 nitrogen and oxygen atoms in total. The molecule has 0 spiro atoms. The van der Waals surface area contributed by atoms with Gasteiger partial charge in [0.15, 0.2) is 0 Å². The summed E-state index contributed by atoms with van der Waals surface area (Å²) >= 11 is 0. The summed E-state index contributed by atoms with van der Waals surface area (Å²) in [5.41, 5.74) is 2.08. The van der Waals surface area contributed by atoms with Gasteiger partial charge in [0.2, 0.25) is 0 Å². The number of aldehydes is 1. The van der Waals surface area contributed by atoms with E-state index in [-0.39, 0.29) is 0 Å². The predicted octanol–water partition coefficient (Wildman–Crippen LogP) is 2.47. The summed E-state index contributed by atoms with van der Waals surface area (Å²) in [6.07, 6.45) is 4.32. The minimum Gasteiger partial charge on any atom is -0.381 e. The first kappa shape index (κ1) is 10.4. The van der Waals surface area contributed by atoms with Gasteiger partial charge in [-0.05, 0) is 30.7 Å². The minimum absolute atomic E-state index is 0.751. The molecule has 80 valence electrons. The van der Waals surface area contributed by atoms with Crippen molar-refractivity contribution in [1.29, 1.82) is 0 Å². The fourth-order valence-electron chi connectivity index (χ4n) is 2.02. The predicted molar refractivity (Wildman–Crippen MR) is 59.1 cm³/mol. The van der Waals surface area contributed by atoms with Gasteiger partial charge in [-0.15, -0.1) is 0 Å². The first-order valence-electron chi connectivity index (χ1n) is 5.50. The van der Waals surface area contributed by atoms with Crippen molar-refractivity contribution in [3.63, 3.8) is 0 Å². The van der Waals surface area contributed by atoms with E-state index in [2.05, 4.69) is 12.1 Å². The Morgan fingerprint density at radius 3 is 2.47 bits per heavy atom. The Labute approximate surface area is 90.3 Å². The van der Waals surface area contributed by atoms with Crippen molar-refractivity contribution in [3.05, 3.63) is 35.4 Å². The SMILES string of the molecule is O=Cc1ccc(CC2CCOCC2)cc1. The summed E-state index contributed by atoms with van der Waals surface area (Å²) in [5, 5.41) is 0. The monoisotopic (exact) mass is 204 g/mol. The van der Waals surface area contributed by atoms with E-state index in [1.807, 2.05) is 12.1 Å². The van der Waals surface area contributed by atoms with Gasteiger partial charge in [-0.25, -0.2) is 0 Å². The van der Waals surface area contributed by atoms with E-state index in [4.69, 9.17) is 4.74 Å². The zero-order chi connectivity index (χ0) is 10.5. The van der Waals surface area contributed by atoms with Crippen LogP contribution in [0.5, 0.6) is 0 Å². The van der Waals surface area contributed by atoms with Crippen LogP contribution in [0.25, 0.3) is 0 Å². The standard InChI is InChI=1S/C13H16O2/c14-10-13-3-1-11(2-4-13)9-12-5-7-15-8-6-12/h1-4,10,12H,5-9H2. The largest absolute Gasteiger partial charge is 0.381 e. The summed E-state index contributed by atoms with van der Waals surface area (Å²) in [4.78, 5) is 10.5. The molecule has 0 radical (unpaired) electrons. The van der Waals surface area contributed by atoms with Crippen molar-refractivity contribution in [2.45, 2.75) is 19.3 Å². The third-order valence-electron chi connectivity index (χ3n) is 2.98. The van der Waals surface area contributed by atoms with E-state index in [1.165, 1.54) is 5.56 Å². The summed E-state index contributed by atoms with van der Waals surface area (Å²) < 4.78 is 5.33. The minimum atomic E-state index is 0.751. The van der Waals surface area contributed by atoms with Gasteiger partial charge in [-0.1, -0.05) is 24.3 Å². The molecule has 0 aromatic heterocycles. The quantitative estimate of drug-likeness (QED) is 0.707. The van der Waals surface area contributed by atoms with Crippen molar-refractivity contribution < 1.29 is 9.53 Å². The molecule has 1 aliphatic rings. The van der Waals surface area contributed by atoms with Gasteiger partial charge in [-0.3, -0.25) is 4.79 Å². The maximum Gasteiger partial charge on any atom is 0.150 e. The highest BCUT2D eigenvalue weighted by Crippen LogP contribution is 2.19. The van der Waals surface area contributed by atoms with E-state index >= 15 is 0 Å². The van der Waals surface area contributed by atoms with Gasteiger partial charge in [-0.2, -0.15) is 0 Å². The zero-order valence-corrected chi connectivity index (χ0v) is 8.82. The summed E-state index contributed by atoms with van der Waals surface area (Å²) in [6.45, 7) is 1.80. The second kappa shape index (κ2) is 5.08. The lowest BCUT2D eigenvalue weighted by atomic mass is 9.92. The highest BCUT2D eigenvalue weighted by atomic mass is 16.5. The van der Waals surface area contributed by atoms with Crippen LogP contribution in [0, 0.1) is 5.92 Å². The van der Waals surface area contributed by atoms with E-state index in [0.29, 0.717) is 0 Å². The molecular weight excluding hydrogens is 188 g/mol. The van der Waals surface area contributed by atoms with Crippen molar-refractivity contribution in [3.8, 4) is 0 Å². The number of carbonyl (C=O) groups excluding carboxylic acids is 1. The smallest absolute Gasteiger partial charge is 0.150 e. The van der Waals surface area contributed by atoms with Crippen molar-refractivity contribution in [1.82, 2.24) is 0 Å². The third kappa shape index (κ3) is 2.90. The van der Waals surface area contributed by atoms with Crippen LogP contribution in [0.4, 0.5) is 0 Å². The average Bonchev–Trinajstić information content (AvgIpc) is 2.31. The molecule has 1 aromatic rings. The topological polar surface area (TPSA) is 26.3 Å². The van der Waals surface area contributed by atoms with Crippen molar-refractivity contribution >= 4 is 6.29 Å². The van der Waals surface area contributed by atoms with Gasteiger partial charge in [0.1, 0.15) is 6.29 Å². The maximum absolute atomic E-state index is 10.5. The number of hydrogen-bond acceptors (Lipinski definition) is 2. The van der Waals surface area contributed by atoms with Crippen LogP contribution in [-0.4, -0.2) is 19.5 Å². The zero-order valence-electron chi connectivity index (χ0n) is 8.82. The molecule has 1 fully saturated rings. The number of rotatable bonds is 3. The Balaban J connectivity index is 1.94. The van der Waals surface area contributed by atoms with Crippen molar-refractivity contribution in [2.24, 2.45) is 5.92 Å². The fraction of sp³-hybridized carbons (Fsp3) is 0.462. The highest BCUT2D eigenvalue weighted by Gasteiger charge is 2.13. The van der Waals surface area contributed by atoms with Crippen LogP contribution < -0.4 is 0 Å². The maximum atomic E-state index is 10.5. The Hall–Kier alpha value is -1.15. The molecule has 2 heteroatoms. The highest BCUT2D eigenvalue weighted by molar-refractivity contribution is 5.74. The molecule has 1 saturated heterocycles. The van der Waals surface area contributed by atoms with E-state index in [9.17, 15) is 4.79 Å². The fourth-order valence-corrected chi connectivity index (χ4v) is 2.02. The second-order valence-corrected chi connectivity index (χ2v) is 4.12. The van der Waals surface area contributed by atoms with Gasteiger partial charge in [0.05, 0.1) is 0 Å². The van der Waals surface area contributed by atoms with Crippen LogP contribution in [-0.2, 0) is 11.2 Å². The lowest BCUT2D eigenvalue weighted by Crippen LogP contribution is -2.17. The number of ether oxygens (including phenoxy) is 1. The number of benzene rings is 1. The molecule has 0 unspecified atom stereocenters. The molecule has 0 aliphatic carbocycles. The second-order valence-electron chi connectivity index (χ2n) is 4.12. The Bertz CT molecular complexity index is 310. The molecule has 0 atom stereocenters. The molecule has 0 saturated carbocycles. The van der Waals surface area contributed by atoms with Gasteiger partial charge in [0, 0.05) is 18.8 Å². The molecule has 2 rings (SSSR count). The first-order chi connectivity index (χ1) is 7.38. The first-order valence-corrected chi connectivity index (χ1v) is 5.50. The van der Waals surface area contributed by atoms with Crippen LogP contribution in [0.15, 0.2) is 24.3 Å². The molecule has 1 aromatic carbocycles. The van der Waals surface area contributed by atoms with Crippen molar-refractivity contribution in [2.75, 3.05) is 13.2 Å². The molecule has 1 heterocycles. The molecule has 15 heavy (non-hydrogen) atoms. The summed E-state index contributed by atoms with van der Waals surface area (Å²) in [5.74, 6) is 0.751. The van der Waals surface area contributed by atoms with E-state index < -0.39 is 0 Å². The lowest BCUT2D eigenvalue weighted by Gasteiger charge is -2.21. The molecular formula is C13H16O2. The third-order valence-corrected chi connectivity index (χ3v) is 2.98. The van der Waals surface area contributed by atoms with Gasteiger partial charge < -0.3 is 4.74 Å². The lowest BCUT2D eigenvalue weighted by molar-refractivity contribution is 0.0665. The van der Waals surface area contributed by atoms with Crippen LogP contribution in [0.3, 0.4) is 0 Å². The Kier molecular flexibility index (Phi) is 3.51. The van der Waals surface area contributed by atoms with Crippen LogP contribution in [0.2, 0.25) is 0 Å². The number of hydrogen-bond donors (Lipinski definition) is 0. The van der Waals surface area contributed by atoms with Crippen LogP contribution >= 0.6 is 0 Å². The Morgan fingerprint density at radius 2 is 1.87 bits per heavy atom. The molecule has 0 N–H and O–H groups in total. The molecule has 1 aliphatic heterocycles. The van der Waals surface area contributed by atoms with E-state index in [1.54, 1.807) is 0 Å². The molecule has 0 amide bonds. The van der Waals surface area contributed by atoms with Gasteiger partial charge in [0.25, 0.3) is 0 Å². The molecule has 0 bridgehead atoms. The number of carbonyl (C=O) groups is 1. The van der Waals surface area contributed by atoms with Crippen LogP contribution in [0.1, 0.15) is 28.8 Å². The summed E-state index contributed by atoms with van der Waals surface area (Å²) in [7, 11) is 0. The average molecular weight is 204 g/mol. The van der Waals surface area contributed by atoms with Gasteiger partial charge >= 0.3 is 0 Å².